The van der Waals surface area contributed by atoms with Crippen molar-refractivity contribution in [1.29, 1.82) is 0 Å². The highest BCUT2D eigenvalue weighted by Crippen LogP contribution is 2.29. The summed E-state index contributed by atoms with van der Waals surface area (Å²) in [6.07, 6.45) is 0.631. The maximum Gasteiger partial charge on any atom is 0.163 e. The molecule has 0 fully saturated rings. The quantitative estimate of drug-likeness (QED) is 0.698. The maximum absolute atomic E-state index is 12.2. The monoisotopic (exact) mass is 232 g/mol. The van der Waals surface area contributed by atoms with E-state index in [1.54, 1.807) is 0 Å². The minimum Gasteiger partial charge on any atom is -0.294 e. The number of carbonyl (C=O) groups is 1. The van der Waals surface area contributed by atoms with E-state index in [2.05, 4.69) is 33.8 Å². The molecule has 1 nitrogen and oxygen atoms in total. The highest BCUT2D eigenvalue weighted by molar-refractivity contribution is 5.96. The zero-order valence-corrected chi connectivity index (χ0v) is 11.9. The molecule has 0 aliphatic rings. The van der Waals surface area contributed by atoms with Gasteiger partial charge in [0.25, 0.3) is 0 Å². The van der Waals surface area contributed by atoms with Crippen molar-refractivity contribution in [3.05, 3.63) is 34.9 Å². The molecule has 1 rings (SSSR count). The number of benzene rings is 1. The number of carbonyl (C=O) groups excluding carboxylic acids is 1. The standard InChI is InChI=1S/C16H24O/c1-11-7-12(2)9-14(8-11)15(17)10-13(3)16(4,5)6/h7-9,13H,10H2,1-6H3. The smallest absolute Gasteiger partial charge is 0.163 e. The largest absolute Gasteiger partial charge is 0.294 e. The van der Waals surface area contributed by atoms with Crippen LogP contribution in [0.1, 0.15) is 55.6 Å². The first kappa shape index (κ1) is 14.0. The Morgan fingerprint density at radius 1 is 1.12 bits per heavy atom. The average Bonchev–Trinajstić information content (AvgIpc) is 2.14. The van der Waals surface area contributed by atoms with Gasteiger partial charge in [-0.3, -0.25) is 4.79 Å². The molecule has 1 atom stereocenters. The fourth-order valence-electron chi connectivity index (χ4n) is 1.84. The van der Waals surface area contributed by atoms with Crippen LogP contribution in [0.3, 0.4) is 0 Å². The van der Waals surface area contributed by atoms with Crippen LogP contribution in [0.2, 0.25) is 0 Å². The summed E-state index contributed by atoms with van der Waals surface area (Å²) in [5.74, 6) is 0.662. The fourth-order valence-corrected chi connectivity index (χ4v) is 1.84. The summed E-state index contributed by atoms with van der Waals surface area (Å²) in [6.45, 7) is 12.8. The first-order chi connectivity index (χ1) is 7.70. The predicted octanol–water partition coefficient (Wildman–Crippen LogP) is 4.56. The number of aryl methyl sites for hydroxylation is 2. The van der Waals surface area contributed by atoms with Crippen LogP contribution < -0.4 is 0 Å². The van der Waals surface area contributed by atoms with E-state index in [0.29, 0.717) is 12.3 Å². The molecule has 0 aromatic heterocycles. The molecule has 0 N–H and O–H groups in total. The fraction of sp³-hybridized carbons (Fsp3) is 0.562. The second kappa shape index (κ2) is 5.03. The van der Waals surface area contributed by atoms with Gasteiger partial charge in [-0.2, -0.15) is 0 Å². The molecule has 94 valence electrons. The van der Waals surface area contributed by atoms with E-state index >= 15 is 0 Å². The lowest BCUT2D eigenvalue weighted by molar-refractivity contribution is 0.0927. The van der Waals surface area contributed by atoms with Gasteiger partial charge in [0.05, 0.1) is 0 Å². The van der Waals surface area contributed by atoms with E-state index in [-0.39, 0.29) is 11.2 Å². The Morgan fingerprint density at radius 3 is 2.00 bits per heavy atom. The van der Waals surface area contributed by atoms with Gasteiger partial charge in [0, 0.05) is 12.0 Å². The van der Waals surface area contributed by atoms with Crippen molar-refractivity contribution in [3.63, 3.8) is 0 Å². The van der Waals surface area contributed by atoms with Crippen molar-refractivity contribution in [3.8, 4) is 0 Å². The lowest BCUT2D eigenvalue weighted by Gasteiger charge is -2.26. The van der Waals surface area contributed by atoms with Crippen molar-refractivity contribution in [2.45, 2.75) is 48.0 Å². The van der Waals surface area contributed by atoms with Gasteiger partial charge in [-0.05, 0) is 37.3 Å². The third kappa shape index (κ3) is 3.99. The summed E-state index contributed by atoms with van der Waals surface area (Å²) in [5, 5.41) is 0. The summed E-state index contributed by atoms with van der Waals surface area (Å²) in [7, 11) is 0. The summed E-state index contributed by atoms with van der Waals surface area (Å²) in [5.41, 5.74) is 3.38. The molecule has 1 aromatic carbocycles. The van der Waals surface area contributed by atoms with Crippen LogP contribution in [-0.4, -0.2) is 5.78 Å². The molecular formula is C16H24O. The number of ketones is 1. The van der Waals surface area contributed by atoms with Crippen LogP contribution in [-0.2, 0) is 0 Å². The number of hydrogen-bond donors (Lipinski definition) is 0. The third-order valence-electron chi connectivity index (χ3n) is 3.51. The molecule has 0 aliphatic carbocycles. The Kier molecular flexibility index (Phi) is 4.13. The van der Waals surface area contributed by atoms with Gasteiger partial charge in [0.2, 0.25) is 0 Å². The van der Waals surface area contributed by atoms with Gasteiger partial charge >= 0.3 is 0 Å². The van der Waals surface area contributed by atoms with Crippen molar-refractivity contribution in [2.75, 3.05) is 0 Å². The molecule has 1 unspecified atom stereocenters. The number of rotatable bonds is 3. The van der Waals surface area contributed by atoms with E-state index in [1.165, 1.54) is 0 Å². The van der Waals surface area contributed by atoms with Crippen LogP contribution in [0.15, 0.2) is 18.2 Å². The van der Waals surface area contributed by atoms with Crippen molar-refractivity contribution in [2.24, 2.45) is 11.3 Å². The van der Waals surface area contributed by atoms with Crippen LogP contribution in [0.4, 0.5) is 0 Å². The van der Waals surface area contributed by atoms with Gasteiger partial charge in [0.15, 0.2) is 5.78 Å². The highest BCUT2D eigenvalue weighted by Gasteiger charge is 2.23. The molecule has 0 aliphatic heterocycles. The summed E-state index contributed by atoms with van der Waals surface area (Å²) in [6, 6.07) is 6.08. The van der Waals surface area contributed by atoms with E-state index in [1.807, 2.05) is 26.0 Å². The molecule has 0 radical (unpaired) electrons. The normalized spacial score (nSPS) is 13.5. The molecular weight excluding hydrogens is 208 g/mol. The second-order valence-corrected chi connectivity index (χ2v) is 6.27. The van der Waals surface area contributed by atoms with Crippen LogP contribution in [0, 0.1) is 25.2 Å². The molecule has 0 saturated heterocycles. The molecule has 0 saturated carbocycles. The highest BCUT2D eigenvalue weighted by atomic mass is 16.1. The molecule has 17 heavy (non-hydrogen) atoms. The van der Waals surface area contributed by atoms with Gasteiger partial charge in [0.1, 0.15) is 0 Å². The van der Waals surface area contributed by atoms with Crippen molar-refractivity contribution >= 4 is 5.78 Å². The van der Waals surface area contributed by atoms with Gasteiger partial charge in [-0.15, -0.1) is 0 Å². The molecule has 1 aromatic rings. The Morgan fingerprint density at radius 2 is 1.59 bits per heavy atom. The van der Waals surface area contributed by atoms with Crippen molar-refractivity contribution < 1.29 is 4.79 Å². The van der Waals surface area contributed by atoms with E-state index in [0.717, 1.165) is 16.7 Å². The molecule has 0 amide bonds. The first-order valence-electron chi connectivity index (χ1n) is 6.31. The zero-order chi connectivity index (χ0) is 13.2. The summed E-state index contributed by atoms with van der Waals surface area (Å²) in [4.78, 5) is 12.2. The Balaban J connectivity index is 2.84. The predicted molar refractivity (Wildman–Crippen MR) is 73.5 cm³/mol. The Labute approximate surface area is 105 Å². The average molecular weight is 232 g/mol. The topological polar surface area (TPSA) is 17.1 Å². The lowest BCUT2D eigenvalue weighted by Crippen LogP contribution is -2.20. The van der Waals surface area contributed by atoms with Crippen LogP contribution >= 0.6 is 0 Å². The molecule has 0 spiro atoms. The first-order valence-corrected chi connectivity index (χ1v) is 6.31. The number of Topliss-reactive ketones (excluding diaryl/α,β-unsaturated/α-hetero) is 1. The van der Waals surface area contributed by atoms with Gasteiger partial charge < -0.3 is 0 Å². The molecule has 0 bridgehead atoms. The van der Waals surface area contributed by atoms with Crippen LogP contribution in [0.5, 0.6) is 0 Å². The second-order valence-electron chi connectivity index (χ2n) is 6.27. The van der Waals surface area contributed by atoms with Gasteiger partial charge in [-0.1, -0.05) is 44.9 Å². The minimum absolute atomic E-state index is 0.189. The SMILES string of the molecule is Cc1cc(C)cc(C(=O)CC(C)C(C)(C)C)c1. The third-order valence-corrected chi connectivity index (χ3v) is 3.51. The lowest BCUT2D eigenvalue weighted by atomic mass is 9.78. The zero-order valence-electron chi connectivity index (χ0n) is 11.9. The van der Waals surface area contributed by atoms with E-state index < -0.39 is 0 Å². The maximum atomic E-state index is 12.2. The summed E-state index contributed by atoms with van der Waals surface area (Å²) < 4.78 is 0. The molecule has 0 heterocycles. The van der Waals surface area contributed by atoms with Crippen LogP contribution in [0.25, 0.3) is 0 Å². The van der Waals surface area contributed by atoms with E-state index in [9.17, 15) is 4.79 Å². The van der Waals surface area contributed by atoms with Crippen molar-refractivity contribution in [1.82, 2.24) is 0 Å². The summed E-state index contributed by atoms with van der Waals surface area (Å²) >= 11 is 0. The van der Waals surface area contributed by atoms with E-state index in [4.69, 9.17) is 0 Å². The van der Waals surface area contributed by atoms with Gasteiger partial charge in [-0.25, -0.2) is 0 Å². The minimum atomic E-state index is 0.189. The Hall–Kier alpha value is -1.11. The Bertz CT molecular complexity index is 390. The molecule has 1 heteroatoms. The number of hydrogen-bond acceptors (Lipinski definition) is 1.